The number of benzene rings is 13. The second-order valence-electron chi connectivity index (χ2n) is 42.1. The standard InChI is InChI=1S/C25H26N2.C23H22N2.C21H24N2.C19H20N2.C14H17N3.C14H16N2O.C14H16N2S/c1-16-14-19-18-10-6-7-11-20(18)25(3,4)21(19)15-24(16)27-17(2)26(5)22-12-8-9-13-23(22)27;1-17-15-21(19-9-5-3-6-10-19)13-14-23(17)25-16-22(24-18(25)2)20-11-7-4-8-12-20;1-14-12-17-16-8-6-7-9-18(16)21(3,4)19(17)13-20(14)23-11-10-22(5)15(23)2;1-13-10-18-16(11-15-6-4-5-7-17(15)18)12-19(13)21-9-8-20(3)14(21)2;1-11-14-7-5-4-6-13(14)10-17(11)16-9-8-15(3)12(16)2;2*1-10-12-6-4-5-7-13(12)17-14(10)16-9-8-15(3)11(16)2/h6-15,17H,1-5H3;3-16,18,24H,1-2H3;6-13,15H,1-5H3;4-10,12,14H,11H2,1-3H3;4-10,12H,1-3H3;2*4-9,11H,1-3H3/t17-;18-;15-;14-;12-;2*11-/m0000000/s1. The number of hydrogen-bond acceptors (Lipinski definition) is 16. The van der Waals surface area contributed by atoms with Crippen molar-refractivity contribution in [2.75, 3.05) is 81.6 Å². The summed E-state index contributed by atoms with van der Waals surface area (Å²) in [6, 6.07) is 103. The molecular weight excluding hydrogens is 1820 g/mol. The smallest absolute Gasteiger partial charge is 0.205 e. The van der Waals surface area contributed by atoms with Gasteiger partial charge >= 0.3 is 0 Å². The Hall–Kier alpha value is -15.5. The van der Waals surface area contributed by atoms with Gasteiger partial charge in [0, 0.05) is 182 Å². The second kappa shape index (κ2) is 40.2. The van der Waals surface area contributed by atoms with Gasteiger partial charge in [-0.05, 0) is 293 Å². The van der Waals surface area contributed by atoms with Crippen LogP contribution in [0.5, 0.6) is 0 Å². The Labute approximate surface area is 875 Å². The van der Waals surface area contributed by atoms with Gasteiger partial charge in [-0.2, -0.15) is 0 Å². The number of aryl methyl sites for hydroxylation is 7. The molecule has 16 aromatic rings. The molecule has 0 fully saturated rings. The third-order valence-corrected chi connectivity index (χ3v) is 33.7. The zero-order valence-corrected chi connectivity index (χ0v) is 90.7. The summed E-state index contributed by atoms with van der Waals surface area (Å²) in [6.07, 6.45) is 29.1. The zero-order chi connectivity index (χ0) is 103. The van der Waals surface area contributed by atoms with Crippen LogP contribution in [0.4, 0.5) is 45.0 Å². The van der Waals surface area contributed by atoms with Crippen LogP contribution in [-0.2, 0) is 17.3 Å². The highest BCUT2D eigenvalue weighted by atomic mass is 32.1. The molecule has 13 aromatic carbocycles. The summed E-state index contributed by atoms with van der Waals surface area (Å²) >= 11 is 1.87. The van der Waals surface area contributed by atoms with E-state index in [0.29, 0.717) is 37.0 Å². The van der Waals surface area contributed by atoms with Crippen LogP contribution in [-0.4, -0.2) is 115 Å². The van der Waals surface area contributed by atoms with Gasteiger partial charge in [0.25, 0.3) is 0 Å². The van der Waals surface area contributed by atoms with Gasteiger partial charge in [-0.15, -0.1) is 11.3 Å². The number of fused-ring (bicyclic) bond motifs is 13. The van der Waals surface area contributed by atoms with Gasteiger partial charge in [0.15, 0.2) is 0 Å². The number of anilines is 8. The normalized spacial score (nSPS) is 19.1. The molecule has 0 saturated carbocycles. The van der Waals surface area contributed by atoms with E-state index < -0.39 is 0 Å². The Kier molecular flexibility index (Phi) is 27.0. The van der Waals surface area contributed by atoms with Crippen molar-refractivity contribution in [3.05, 3.63) is 438 Å². The molecule has 3 aliphatic carbocycles. The van der Waals surface area contributed by atoms with Gasteiger partial charge < -0.3 is 63.6 Å². The number of hydrogen-bond donors (Lipinski definition) is 1. The first kappa shape index (κ1) is 98.9. The molecule has 0 unspecified atom stereocenters. The van der Waals surface area contributed by atoms with Crippen LogP contribution < -0.4 is 44.6 Å². The van der Waals surface area contributed by atoms with Crippen molar-refractivity contribution in [1.82, 2.24) is 34.5 Å². The lowest BCUT2D eigenvalue weighted by Gasteiger charge is -2.31. The zero-order valence-electron chi connectivity index (χ0n) is 89.9. The van der Waals surface area contributed by atoms with Gasteiger partial charge in [-0.3, -0.25) is 14.6 Å². The van der Waals surface area contributed by atoms with Crippen molar-refractivity contribution in [3.63, 3.8) is 0 Å². The number of nitrogens with one attached hydrogen (secondary N) is 1. The molecule has 16 nitrogen and oxygen atoms in total. The molecule has 748 valence electrons. The predicted octanol–water partition coefficient (Wildman–Crippen LogP) is 30.4. The number of furan rings is 1. The molecule has 0 saturated heterocycles. The van der Waals surface area contributed by atoms with Crippen LogP contribution in [0.1, 0.15) is 154 Å². The molecule has 17 heteroatoms. The average Bonchev–Trinajstić information content (AvgIpc) is 1.57. The van der Waals surface area contributed by atoms with E-state index in [1.807, 2.05) is 35.6 Å². The van der Waals surface area contributed by atoms with Crippen LogP contribution in [0.3, 0.4) is 0 Å². The van der Waals surface area contributed by atoms with Gasteiger partial charge in [-0.1, -0.05) is 240 Å². The summed E-state index contributed by atoms with van der Waals surface area (Å²) in [5.74, 6) is 0.944. The van der Waals surface area contributed by atoms with E-state index >= 15 is 0 Å². The lowest BCUT2D eigenvalue weighted by Crippen LogP contribution is -2.40. The summed E-state index contributed by atoms with van der Waals surface area (Å²) in [7, 11) is 12.7. The number of aromatic nitrogens is 1. The first-order chi connectivity index (χ1) is 70.7. The van der Waals surface area contributed by atoms with Crippen molar-refractivity contribution in [1.29, 1.82) is 0 Å². The lowest BCUT2D eigenvalue weighted by atomic mass is 9.82. The molecule has 0 radical (unpaired) electrons. The Balaban J connectivity index is 0.000000105. The van der Waals surface area contributed by atoms with Crippen LogP contribution >= 0.6 is 11.3 Å². The highest BCUT2D eigenvalue weighted by Crippen LogP contribution is 2.55. The third-order valence-electron chi connectivity index (χ3n) is 32.5. The summed E-state index contributed by atoms with van der Waals surface area (Å²) in [5, 5.41) is 12.4. The fourth-order valence-electron chi connectivity index (χ4n) is 22.8. The summed E-state index contributed by atoms with van der Waals surface area (Å²) in [6.45, 7) is 40.3. The first-order valence-corrected chi connectivity index (χ1v) is 52.8. The molecule has 7 aliphatic heterocycles. The second-order valence-corrected chi connectivity index (χ2v) is 43.2. The van der Waals surface area contributed by atoms with E-state index in [1.54, 1.807) is 0 Å². The maximum Gasteiger partial charge on any atom is 0.205 e. The van der Waals surface area contributed by atoms with E-state index in [2.05, 4.69) is 576 Å². The number of thiophene rings is 1. The van der Waals surface area contributed by atoms with Crippen LogP contribution in [0.25, 0.3) is 82.0 Å². The van der Waals surface area contributed by atoms with E-state index in [4.69, 9.17) is 4.42 Å². The van der Waals surface area contributed by atoms with E-state index in [9.17, 15) is 0 Å². The Bertz CT molecular complexity index is 7570. The minimum atomic E-state index is 0.0305. The monoisotopic (exact) mass is 1960 g/mol. The highest BCUT2D eigenvalue weighted by Gasteiger charge is 2.41. The molecule has 10 aliphatic rings. The van der Waals surface area contributed by atoms with Gasteiger partial charge in [0.1, 0.15) is 53.7 Å². The summed E-state index contributed by atoms with van der Waals surface area (Å²) < 4.78 is 9.55. The summed E-state index contributed by atoms with van der Waals surface area (Å²) in [5.41, 5.74) is 39.9. The quantitative estimate of drug-likeness (QED) is 0.149. The topological polar surface area (TPSA) is 72.2 Å². The fourth-order valence-corrected chi connectivity index (χ4v) is 24.1. The van der Waals surface area contributed by atoms with Gasteiger partial charge in [0.2, 0.25) is 5.88 Å². The maximum atomic E-state index is 5.95. The molecule has 7 atom stereocenters. The molecular formula is C130H141N15OS. The highest BCUT2D eigenvalue weighted by molar-refractivity contribution is 7.23. The lowest BCUT2D eigenvalue weighted by molar-refractivity contribution is 0.347. The molecule has 26 rings (SSSR count). The van der Waals surface area contributed by atoms with Crippen molar-refractivity contribution in [3.8, 4) is 44.5 Å². The molecule has 0 amide bonds. The maximum absolute atomic E-state index is 5.95. The fraction of sp³-hybridized carbons (Fsp3) is 0.262. The van der Waals surface area contributed by atoms with Crippen LogP contribution in [0, 0.1) is 48.5 Å². The molecule has 0 spiro atoms. The minimum Gasteiger partial charge on any atom is -0.440 e. The minimum absolute atomic E-state index is 0.0305. The van der Waals surface area contributed by atoms with E-state index in [0.717, 1.165) is 17.9 Å². The molecule has 0 bridgehead atoms. The first-order valence-electron chi connectivity index (χ1n) is 52.0. The third kappa shape index (κ3) is 18.3. The number of nitrogens with zero attached hydrogens (tertiary/aromatic N) is 14. The van der Waals surface area contributed by atoms with E-state index in [-0.39, 0.29) is 17.0 Å². The number of rotatable bonds is 9. The Morgan fingerprint density at radius 3 is 1.36 bits per heavy atom. The Morgan fingerprint density at radius 2 is 0.796 bits per heavy atom. The largest absolute Gasteiger partial charge is 0.440 e. The van der Waals surface area contributed by atoms with Crippen LogP contribution in [0.2, 0.25) is 0 Å². The molecule has 147 heavy (non-hydrogen) atoms. The van der Waals surface area contributed by atoms with Crippen molar-refractivity contribution in [2.24, 2.45) is 0 Å². The van der Waals surface area contributed by atoms with Crippen molar-refractivity contribution < 1.29 is 4.42 Å². The molecule has 3 aromatic heterocycles. The molecule has 10 heterocycles. The molecule has 1 N–H and O–H groups in total. The van der Waals surface area contributed by atoms with Crippen molar-refractivity contribution >= 4 is 93.9 Å². The van der Waals surface area contributed by atoms with E-state index in [1.165, 1.54) is 194 Å². The van der Waals surface area contributed by atoms with Gasteiger partial charge in [-0.25, -0.2) is 0 Å². The van der Waals surface area contributed by atoms with Gasteiger partial charge in [0.05, 0.1) is 17.1 Å². The van der Waals surface area contributed by atoms with Crippen molar-refractivity contribution in [2.45, 2.75) is 185 Å². The predicted molar refractivity (Wildman–Crippen MR) is 624 cm³/mol. The number of para-hydroxylation sites is 3. The van der Waals surface area contributed by atoms with Crippen LogP contribution in [0.15, 0.2) is 364 Å². The Morgan fingerprint density at radius 1 is 0.327 bits per heavy atom. The SMILES string of the molecule is Cc1c(N2C=CN(C)[C@@H]2C)oc2ccccc12.Cc1c(N2C=CN(C)[C@@H]2C)sc2ccccc12.Cc1c2ccccc2cn1N1C=CN(C)[C@@H]1C.Cc1cc(-c2ccccc2)ccc1N1C=C(c2ccccc2)N[C@@H]1C.Cc1cc2c(cc1N1C=CN(C)[C@@H]1C)C(C)(C)c1ccccc1-2.Cc1cc2c(cc1N1C=CN(C)[C@@H]1C)Cc1ccccc1-2.Cc1cc2c(cc1N1c3ccccc3N(C)[C@@H]1C)C(C)(C)c1ccccc1-2. The average molecular weight is 1960 g/mol. The summed E-state index contributed by atoms with van der Waals surface area (Å²) in [4.78, 5) is 27.5.